The largest absolute Gasteiger partial charge is 0.341 e. The standard InChI is InChI=1S/C14H16N4O2S2/c1-7-16-12(21-6-10(19)18-14(20)15-2)11-8-4-3-5-9(8)22-13(11)17-7/h3-6H2,1-2H3,(H2,15,18,19,20). The van der Waals surface area contributed by atoms with E-state index in [1.807, 2.05) is 6.92 Å². The van der Waals surface area contributed by atoms with Gasteiger partial charge in [-0.2, -0.15) is 0 Å². The van der Waals surface area contributed by atoms with E-state index in [0.29, 0.717) is 5.82 Å². The molecule has 0 unspecified atom stereocenters. The number of urea groups is 1. The van der Waals surface area contributed by atoms with Crippen LogP contribution in [-0.4, -0.2) is 34.7 Å². The van der Waals surface area contributed by atoms with Crippen molar-refractivity contribution < 1.29 is 9.59 Å². The van der Waals surface area contributed by atoms with E-state index in [0.717, 1.165) is 28.1 Å². The zero-order valence-corrected chi connectivity index (χ0v) is 14.0. The molecule has 2 aromatic rings. The molecule has 3 amide bonds. The second-order valence-electron chi connectivity index (χ2n) is 5.03. The van der Waals surface area contributed by atoms with E-state index in [-0.39, 0.29) is 11.7 Å². The summed E-state index contributed by atoms with van der Waals surface area (Å²) in [7, 11) is 1.47. The number of aromatic nitrogens is 2. The van der Waals surface area contributed by atoms with Gasteiger partial charge >= 0.3 is 6.03 Å². The predicted molar refractivity (Wildman–Crippen MR) is 87.5 cm³/mol. The lowest BCUT2D eigenvalue weighted by molar-refractivity contribution is -0.117. The van der Waals surface area contributed by atoms with Gasteiger partial charge in [0, 0.05) is 17.3 Å². The molecule has 0 atom stereocenters. The van der Waals surface area contributed by atoms with Gasteiger partial charge in [-0.15, -0.1) is 11.3 Å². The molecule has 0 saturated carbocycles. The van der Waals surface area contributed by atoms with Gasteiger partial charge in [-0.25, -0.2) is 14.8 Å². The van der Waals surface area contributed by atoms with Gasteiger partial charge in [0.2, 0.25) is 5.91 Å². The number of carbonyl (C=O) groups is 2. The maximum atomic E-state index is 11.7. The van der Waals surface area contributed by atoms with Crippen LogP contribution in [0.1, 0.15) is 22.7 Å². The highest BCUT2D eigenvalue weighted by Crippen LogP contribution is 2.40. The number of carbonyl (C=O) groups excluding carboxylic acids is 2. The lowest BCUT2D eigenvalue weighted by Gasteiger charge is -2.06. The maximum Gasteiger partial charge on any atom is 0.321 e. The molecule has 0 aliphatic heterocycles. The third kappa shape index (κ3) is 2.93. The highest BCUT2D eigenvalue weighted by molar-refractivity contribution is 8.00. The summed E-state index contributed by atoms with van der Waals surface area (Å²) in [5, 5.41) is 6.56. The summed E-state index contributed by atoms with van der Waals surface area (Å²) in [6.45, 7) is 1.86. The molecular formula is C14H16N4O2S2. The van der Waals surface area contributed by atoms with Gasteiger partial charge < -0.3 is 5.32 Å². The number of nitrogens with one attached hydrogen (secondary N) is 2. The molecule has 0 saturated heterocycles. The molecule has 22 heavy (non-hydrogen) atoms. The molecular weight excluding hydrogens is 320 g/mol. The molecule has 1 aliphatic carbocycles. The number of thioether (sulfide) groups is 1. The Morgan fingerprint density at radius 1 is 1.32 bits per heavy atom. The fourth-order valence-corrected chi connectivity index (χ4v) is 4.80. The van der Waals surface area contributed by atoms with Gasteiger partial charge in [0.25, 0.3) is 0 Å². The van der Waals surface area contributed by atoms with Crippen LogP contribution in [0.15, 0.2) is 5.03 Å². The number of hydrogen-bond donors (Lipinski definition) is 2. The molecule has 0 aromatic carbocycles. The van der Waals surface area contributed by atoms with E-state index in [1.165, 1.54) is 35.7 Å². The first-order chi connectivity index (χ1) is 10.6. The maximum absolute atomic E-state index is 11.7. The van der Waals surface area contributed by atoms with Crippen molar-refractivity contribution in [1.29, 1.82) is 0 Å². The van der Waals surface area contributed by atoms with E-state index in [1.54, 1.807) is 11.3 Å². The van der Waals surface area contributed by atoms with Crippen LogP contribution in [0.5, 0.6) is 0 Å². The van der Waals surface area contributed by atoms with Crippen molar-refractivity contribution in [2.24, 2.45) is 0 Å². The number of nitrogens with zero attached hydrogens (tertiary/aromatic N) is 2. The summed E-state index contributed by atoms with van der Waals surface area (Å²) in [5.74, 6) is 0.533. The van der Waals surface area contributed by atoms with Gasteiger partial charge in [0.05, 0.1) is 5.75 Å². The Bertz CT molecular complexity index is 757. The minimum atomic E-state index is -0.494. The van der Waals surface area contributed by atoms with Crippen molar-refractivity contribution >= 4 is 45.3 Å². The topological polar surface area (TPSA) is 84.0 Å². The Morgan fingerprint density at radius 3 is 2.91 bits per heavy atom. The molecule has 1 aliphatic rings. The Labute approximate surface area is 136 Å². The first-order valence-electron chi connectivity index (χ1n) is 7.01. The van der Waals surface area contributed by atoms with Crippen LogP contribution in [0.2, 0.25) is 0 Å². The third-order valence-corrected chi connectivity index (χ3v) is 5.62. The normalized spacial score (nSPS) is 13.2. The van der Waals surface area contributed by atoms with Crippen molar-refractivity contribution in [2.75, 3.05) is 12.8 Å². The molecule has 8 heteroatoms. The smallest absolute Gasteiger partial charge is 0.321 e. The van der Waals surface area contributed by atoms with Crippen LogP contribution in [0, 0.1) is 6.92 Å². The summed E-state index contributed by atoms with van der Waals surface area (Å²) in [5.41, 5.74) is 1.34. The van der Waals surface area contributed by atoms with Crippen LogP contribution in [0.4, 0.5) is 4.79 Å². The SMILES string of the molecule is CNC(=O)NC(=O)CSc1nc(C)nc2sc3c(c12)CCC3. The monoisotopic (exact) mass is 336 g/mol. The van der Waals surface area contributed by atoms with Gasteiger partial charge in [-0.05, 0) is 31.7 Å². The van der Waals surface area contributed by atoms with Gasteiger partial charge in [0.1, 0.15) is 15.7 Å². The van der Waals surface area contributed by atoms with Crippen LogP contribution < -0.4 is 10.6 Å². The van der Waals surface area contributed by atoms with E-state index >= 15 is 0 Å². The molecule has 2 aromatic heterocycles. The Morgan fingerprint density at radius 2 is 2.14 bits per heavy atom. The molecule has 0 bridgehead atoms. The zero-order valence-electron chi connectivity index (χ0n) is 12.4. The van der Waals surface area contributed by atoms with Gasteiger partial charge in [-0.3, -0.25) is 10.1 Å². The van der Waals surface area contributed by atoms with Crippen molar-refractivity contribution in [3.05, 3.63) is 16.3 Å². The lowest BCUT2D eigenvalue weighted by atomic mass is 10.2. The highest BCUT2D eigenvalue weighted by Gasteiger charge is 2.22. The summed E-state index contributed by atoms with van der Waals surface area (Å²) >= 11 is 3.09. The van der Waals surface area contributed by atoms with Gasteiger partial charge in [0.15, 0.2) is 0 Å². The first-order valence-corrected chi connectivity index (χ1v) is 8.82. The van der Waals surface area contributed by atoms with Gasteiger partial charge in [-0.1, -0.05) is 11.8 Å². The third-order valence-electron chi connectivity index (χ3n) is 3.46. The van der Waals surface area contributed by atoms with E-state index < -0.39 is 6.03 Å². The first kappa shape index (κ1) is 15.2. The van der Waals surface area contributed by atoms with Crippen molar-refractivity contribution in [3.63, 3.8) is 0 Å². The van der Waals surface area contributed by atoms with Crippen molar-refractivity contribution in [2.45, 2.75) is 31.2 Å². The highest BCUT2D eigenvalue weighted by atomic mass is 32.2. The molecule has 0 fully saturated rings. The van der Waals surface area contributed by atoms with E-state index in [9.17, 15) is 9.59 Å². The molecule has 0 radical (unpaired) electrons. The molecule has 0 spiro atoms. The number of fused-ring (bicyclic) bond motifs is 3. The Hall–Kier alpha value is -1.67. The number of thiophene rings is 1. The summed E-state index contributed by atoms with van der Waals surface area (Å²) in [6.07, 6.45) is 3.34. The van der Waals surface area contributed by atoms with Crippen LogP contribution in [-0.2, 0) is 17.6 Å². The molecule has 2 heterocycles. The predicted octanol–water partition coefficient (Wildman–Crippen LogP) is 2.04. The zero-order chi connectivity index (χ0) is 15.7. The second kappa shape index (κ2) is 6.21. The quantitative estimate of drug-likeness (QED) is 0.662. The Balaban J connectivity index is 1.84. The minimum Gasteiger partial charge on any atom is -0.341 e. The fourth-order valence-electron chi connectivity index (χ4n) is 2.53. The minimum absolute atomic E-state index is 0.156. The van der Waals surface area contributed by atoms with Crippen molar-refractivity contribution in [1.82, 2.24) is 20.6 Å². The van der Waals surface area contributed by atoms with Crippen LogP contribution in [0.3, 0.4) is 0 Å². The number of imide groups is 1. The summed E-state index contributed by atoms with van der Waals surface area (Å²) in [6, 6.07) is -0.494. The van der Waals surface area contributed by atoms with Crippen LogP contribution >= 0.6 is 23.1 Å². The van der Waals surface area contributed by atoms with Crippen molar-refractivity contribution in [3.8, 4) is 0 Å². The van der Waals surface area contributed by atoms with Crippen LogP contribution in [0.25, 0.3) is 10.2 Å². The molecule has 3 rings (SSSR count). The number of rotatable bonds is 3. The lowest BCUT2D eigenvalue weighted by Crippen LogP contribution is -2.38. The number of amides is 3. The number of aryl methyl sites for hydroxylation is 3. The molecule has 2 N–H and O–H groups in total. The second-order valence-corrected chi connectivity index (χ2v) is 7.08. The summed E-state index contributed by atoms with van der Waals surface area (Å²) < 4.78 is 0. The number of hydrogen-bond acceptors (Lipinski definition) is 6. The Kier molecular flexibility index (Phi) is 4.30. The average molecular weight is 336 g/mol. The van der Waals surface area contributed by atoms with E-state index in [2.05, 4.69) is 20.6 Å². The summed E-state index contributed by atoms with van der Waals surface area (Å²) in [4.78, 5) is 34.3. The van der Waals surface area contributed by atoms with E-state index in [4.69, 9.17) is 0 Å². The fraction of sp³-hybridized carbons (Fsp3) is 0.429. The molecule has 6 nitrogen and oxygen atoms in total. The average Bonchev–Trinajstić information content (AvgIpc) is 3.04. The molecule has 116 valence electrons.